The maximum absolute atomic E-state index is 7.03. The van der Waals surface area contributed by atoms with E-state index in [0.29, 0.717) is 22.8 Å². The van der Waals surface area contributed by atoms with E-state index in [9.17, 15) is 0 Å². The Bertz CT molecular complexity index is 1420. The molecule has 0 saturated carbocycles. The number of aromatic nitrogens is 4. The van der Waals surface area contributed by atoms with Gasteiger partial charge in [0.2, 0.25) is 11.7 Å². The Labute approximate surface area is 211 Å². The molecule has 0 spiro atoms. The van der Waals surface area contributed by atoms with Gasteiger partial charge in [-0.15, -0.1) is 0 Å². The molecule has 0 bridgehead atoms. The number of benzene rings is 1. The van der Waals surface area contributed by atoms with Gasteiger partial charge < -0.3 is 13.8 Å². The first-order valence-corrected chi connectivity index (χ1v) is 12.5. The highest BCUT2D eigenvalue weighted by molar-refractivity contribution is 9.10. The second kappa shape index (κ2) is 7.88. The van der Waals surface area contributed by atoms with E-state index in [-0.39, 0.29) is 12.0 Å². The minimum atomic E-state index is -0.528. The summed E-state index contributed by atoms with van der Waals surface area (Å²) in [5.41, 5.74) is 3.54. The molecule has 1 unspecified atom stereocenters. The normalized spacial score (nSPS) is 26.7. The summed E-state index contributed by atoms with van der Waals surface area (Å²) in [7, 11) is 5.97. The van der Waals surface area contributed by atoms with E-state index in [1.807, 2.05) is 24.8 Å². The maximum atomic E-state index is 7.03. The Morgan fingerprint density at radius 2 is 2.09 bits per heavy atom. The number of aryl methyl sites for hydroxylation is 1. The molecule has 34 heavy (non-hydrogen) atoms. The third-order valence-electron chi connectivity index (χ3n) is 7.51. The largest absolute Gasteiger partial charge is 0.372 e. The van der Waals surface area contributed by atoms with Gasteiger partial charge in [0.25, 0.3) is 0 Å². The van der Waals surface area contributed by atoms with Gasteiger partial charge in [-0.3, -0.25) is 9.88 Å². The van der Waals surface area contributed by atoms with Gasteiger partial charge in [0.15, 0.2) is 0 Å². The Kier molecular flexibility index (Phi) is 5.15. The summed E-state index contributed by atoms with van der Waals surface area (Å²) in [6, 6.07) is 8.27. The van der Waals surface area contributed by atoms with Crippen LogP contribution in [0.2, 0.25) is 5.15 Å². The van der Waals surface area contributed by atoms with Crippen molar-refractivity contribution in [1.82, 2.24) is 24.6 Å². The first kappa shape index (κ1) is 22.2. The fraction of sp³-hybridized carbons (Fsp3) is 0.400. The van der Waals surface area contributed by atoms with Crippen LogP contribution < -0.4 is 0 Å². The molecule has 1 aliphatic heterocycles. The topological polar surface area (TPSA) is 69.2 Å². The summed E-state index contributed by atoms with van der Waals surface area (Å²) in [6.07, 6.45) is 4.36. The van der Waals surface area contributed by atoms with E-state index in [1.54, 1.807) is 12.4 Å². The summed E-state index contributed by atoms with van der Waals surface area (Å²) in [6.45, 7) is 3.22. The third-order valence-corrected chi connectivity index (χ3v) is 8.40. The lowest BCUT2D eigenvalue weighted by molar-refractivity contribution is -0.130. The predicted octanol–water partition coefficient (Wildman–Crippen LogP) is 5.37. The molecule has 0 amide bonds. The minimum absolute atomic E-state index is 0.0550. The van der Waals surface area contributed by atoms with Gasteiger partial charge in [0, 0.05) is 59.6 Å². The Balaban J connectivity index is 1.63. The van der Waals surface area contributed by atoms with Gasteiger partial charge in [-0.05, 0) is 53.0 Å². The quantitative estimate of drug-likeness (QED) is 0.347. The average molecular weight is 543 g/mol. The lowest BCUT2D eigenvalue weighted by Crippen LogP contribution is -2.60. The number of hydrogen-bond acceptors (Lipinski definition) is 6. The smallest absolute Gasteiger partial charge is 0.236 e. The number of piperidine rings is 1. The van der Waals surface area contributed by atoms with Crippen LogP contribution in [0.5, 0.6) is 0 Å². The first-order valence-electron chi connectivity index (χ1n) is 11.3. The van der Waals surface area contributed by atoms with Crippen LogP contribution in [-0.2, 0) is 17.4 Å². The second-order valence-electron chi connectivity index (χ2n) is 9.58. The molecular weight excluding hydrogens is 518 g/mol. The molecule has 1 aliphatic carbocycles. The molecule has 1 aromatic carbocycles. The number of hydrogen-bond donors (Lipinski definition) is 0. The van der Waals surface area contributed by atoms with E-state index in [2.05, 4.69) is 63.1 Å². The predicted molar refractivity (Wildman–Crippen MR) is 134 cm³/mol. The Morgan fingerprint density at radius 1 is 1.26 bits per heavy atom. The number of methoxy groups -OCH3 is 1. The van der Waals surface area contributed by atoms with Gasteiger partial charge in [-0.25, -0.2) is 0 Å². The van der Waals surface area contributed by atoms with E-state index >= 15 is 0 Å². The van der Waals surface area contributed by atoms with Crippen LogP contribution in [0.1, 0.15) is 36.3 Å². The number of halogens is 2. The van der Waals surface area contributed by atoms with Crippen LogP contribution in [0, 0.1) is 5.92 Å². The second-order valence-corrected chi connectivity index (χ2v) is 10.8. The van der Waals surface area contributed by atoms with Gasteiger partial charge >= 0.3 is 0 Å². The highest BCUT2D eigenvalue weighted by atomic mass is 79.9. The monoisotopic (exact) mass is 541 g/mol. The van der Waals surface area contributed by atoms with Crippen molar-refractivity contribution in [3.63, 3.8) is 0 Å². The highest BCUT2D eigenvalue weighted by Crippen LogP contribution is 2.57. The van der Waals surface area contributed by atoms with Crippen molar-refractivity contribution in [2.75, 3.05) is 20.7 Å². The molecule has 1 saturated heterocycles. The van der Waals surface area contributed by atoms with E-state index in [1.165, 1.54) is 5.56 Å². The number of pyridine rings is 1. The standard InChI is InChI=1S/C25H25BrClN5O2/c1-13-9-25(33-4)16-6-5-7-17-18(16)19(22(27)32(17)3)20(21(25)31(2)12-13)24-29-23(30-34-24)14-8-15(26)11-28-10-14/h5-8,10-11,13,20-21H,9,12H2,1-4H3/t13-,20?,21-,25+/m1/s1. The Morgan fingerprint density at radius 3 is 2.85 bits per heavy atom. The van der Waals surface area contributed by atoms with Gasteiger partial charge in [0.05, 0.1) is 12.0 Å². The Hall–Kier alpha value is -2.26. The van der Waals surface area contributed by atoms with Crippen LogP contribution in [0.4, 0.5) is 0 Å². The maximum Gasteiger partial charge on any atom is 0.236 e. The molecule has 1 fully saturated rings. The van der Waals surface area contributed by atoms with Crippen molar-refractivity contribution >= 4 is 38.4 Å². The fourth-order valence-corrected chi connectivity index (χ4v) is 7.00. The summed E-state index contributed by atoms with van der Waals surface area (Å²) < 4.78 is 15.3. The highest BCUT2D eigenvalue weighted by Gasteiger charge is 2.57. The number of likely N-dealkylation sites (tertiary alicyclic amines) is 1. The fourth-order valence-electron chi connectivity index (χ4n) is 6.33. The zero-order valence-corrected chi connectivity index (χ0v) is 21.8. The van der Waals surface area contributed by atoms with Crippen LogP contribution in [0.15, 0.2) is 45.7 Å². The zero-order chi connectivity index (χ0) is 23.8. The molecule has 4 aromatic rings. The average Bonchev–Trinajstić information content (AvgIpc) is 3.40. The van der Waals surface area contributed by atoms with Crippen LogP contribution in [0.3, 0.4) is 0 Å². The molecule has 4 atom stereocenters. The van der Waals surface area contributed by atoms with Crippen molar-refractivity contribution in [3.8, 4) is 11.4 Å². The van der Waals surface area contributed by atoms with E-state index in [4.69, 9.17) is 25.8 Å². The van der Waals surface area contributed by atoms with Gasteiger partial charge in [0.1, 0.15) is 10.8 Å². The molecule has 7 nitrogen and oxygen atoms in total. The summed E-state index contributed by atoms with van der Waals surface area (Å²) >= 11 is 10.5. The molecule has 2 aliphatic rings. The molecule has 6 rings (SSSR count). The van der Waals surface area contributed by atoms with Crippen LogP contribution in [-0.4, -0.2) is 51.3 Å². The lowest BCUT2D eigenvalue weighted by Gasteiger charge is -2.54. The zero-order valence-electron chi connectivity index (χ0n) is 19.4. The SMILES string of the molecule is CO[C@]12C[C@@H](C)CN(C)[C@@H]1C(c1nc(-c3cncc(Br)c3)no1)c1c(Cl)n(C)c3cccc2c13. The molecule has 3 aromatic heterocycles. The molecule has 9 heteroatoms. The van der Waals surface area contributed by atoms with Crippen molar-refractivity contribution in [1.29, 1.82) is 0 Å². The van der Waals surface area contributed by atoms with Gasteiger partial charge in [-0.2, -0.15) is 4.98 Å². The molecule has 4 heterocycles. The first-order chi connectivity index (χ1) is 16.4. The number of nitrogens with zero attached hydrogens (tertiary/aromatic N) is 5. The molecule has 0 radical (unpaired) electrons. The minimum Gasteiger partial charge on any atom is -0.372 e. The molecular formula is C25H25BrClN5O2. The van der Waals surface area contributed by atoms with Crippen molar-refractivity contribution in [2.24, 2.45) is 13.0 Å². The van der Waals surface area contributed by atoms with E-state index in [0.717, 1.165) is 39.5 Å². The van der Waals surface area contributed by atoms with Crippen molar-refractivity contribution < 1.29 is 9.26 Å². The lowest BCUT2D eigenvalue weighted by atomic mass is 9.64. The van der Waals surface area contributed by atoms with Crippen LogP contribution >= 0.6 is 27.5 Å². The van der Waals surface area contributed by atoms with Crippen molar-refractivity contribution in [2.45, 2.75) is 30.9 Å². The number of rotatable bonds is 3. The summed E-state index contributed by atoms with van der Waals surface area (Å²) in [5, 5.41) is 6.15. The number of ether oxygens (including phenoxy) is 1. The third kappa shape index (κ3) is 2.98. The van der Waals surface area contributed by atoms with Gasteiger partial charge in [-0.1, -0.05) is 35.8 Å². The molecule has 0 N–H and O–H groups in total. The van der Waals surface area contributed by atoms with E-state index < -0.39 is 5.60 Å². The van der Waals surface area contributed by atoms with Crippen LogP contribution in [0.25, 0.3) is 22.3 Å². The number of fused-ring (bicyclic) bond motifs is 2. The number of likely N-dealkylation sites (N-methyl/N-ethyl adjacent to an activating group) is 1. The van der Waals surface area contributed by atoms with Crippen molar-refractivity contribution in [3.05, 3.63) is 63.3 Å². The molecule has 176 valence electrons. The summed E-state index contributed by atoms with van der Waals surface area (Å²) in [5.74, 6) is 1.25. The summed E-state index contributed by atoms with van der Waals surface area (Å²) in [4.78, 5) is 11.5.